The maximum absolute atomic E-state index is 12.8. The summed E-state index contributed by atoms with van der Waals surface area (Å²) < 4.78 is 0. The van der Waals surface area contributed by atoms with Gasteiger partial charge >= 0.3 is 0 Å². The number of hydrogen-bond donors (Lipinski definition) is 1. The van der Waals surface area contributed by atoms with Crippen molar-refractivity contribution in [3.8, 4) is 0 Å². The van der Waals surface area contributed by atoms with E-state index in [0.29, 0.717) is 10.7 Å². The van der Waals surface area contributed by atoms with E-state index in [-0.39, 0.29) is 5.91 Å². The number of thiazole rings is 1. The number of nitrogens with zero attached hydrogens (tertiary/aromatic N) is 3. The first-order valence-corrected chi connectivity index (χ1v) is 8.76. The molecule has 5 nitrogen and oxygen atoms in total. The van der Waals surface area contributed by atoms with Crippen LogP contribution in [0.2, 0.25) is 0 Å². The first kappa shape index (κ1) is 15.2. The molecule has 6 heteroatoms. The van der Waals surface area contributed by atoms with Crippen molar-refractivity contribution in [2.24, 2.45) is 0 Å². The normalized spacial score (nSPS) is 14.6. The first-order valence-electron chi connectivity index (χ1n) is 7.95. The molecule has 0 unspecified atom stereocenters. The van der Waals surface area contributed by atoms with Crippen molar-refractivity contribution in [3.05, 3.63) is 52.2 Å². The van der Waals surface area contributed by atoms with Gasteiger partial charge in [0, 0.05) is 35.5 Å². The molecule has 0 atom stereocenters. The largest absolute Gasteiger partial charge is 0.301 e. The van der Waals surface area contributed by atoms with Crippen molar-refractivity contribution in [1.82, 2.24) is 14.9 Å². The highest BCUT2D eigenvalue weighted by atomic mass is 32.1. The van der Waals surface area contributed by atoms with Crippen LogP contribution in [0.4, 0.5) is 5.13 Å². The molecule has 24 heavy (non-hydrogen) atoms. The second-order valence-corrected chi connectivity index (χ2v) is 7.24. The quantitative estimate of drug-likeness (QED) is 0.779. The number of hydrogen-bond acceptors (Lipinski definition) is 5. The number of likely N-dealkylation sites (N-methyl/N-ethyl adjacent to an activating group) is 1. The molecule has 0 bridgehead atoms. The summed E-state index contributed by atoms with van der Waals surface area (Å²) in [5, 5.41) is 4.51. The van der Waals surface area contributed by atoms with Crippen LogP contribution in [0.3, 0.4) is 0 Å². The molecule has 122 valence electrons. The van der Waals surface area contributed by atoms with Crippen LogP contribution in [0.25, 0.3) is 10.9 Å². The maximum atomic E-state index is 12.8. The molecular weight excluding hydrogens is 320 g/mol. The third-order valence-corrected chi connectivity index (χ3v) is 5.23. The number of nitrogens with one attached hydrogen (secondary N) is 1. The molecule has 0 saturated carbocycles. The predicted molar refractivity (Wildman–Crippen MR) is 96.6 cm³/mol. The van der Waals surface area contributed by atoms with Crippen LogP contribution in [0.15, 0.2) is 30.3 Å². The fourth-order valence-corrected chi connectivity index (χ4v) is 4.12. The molecule has 3 aromatic rings. The van der Waals surface area contributed by atoms with Gasteiger partial charge in [-0.25, -0.2) is 4.98 Å². The van der Waals surface area contributed by atoms with Gasteiger partial charge in [0.1, 0.15) is 0 Å². The first-order chi connectivity index (χ1) is 11.6. The zero-order chi connectivity index (χ0) is 16.7. The minimum atomic E-state index is -0.129. The van der Waals surface area contributed by atoms with Crippen LogP contribution in [-0.4, -0.2) is 34.4 Å². The van der Waals surface area contributed by atoms with Gasteiger partial charge in [-0.3, -0.25) is 15.1 Å². The van der Waals surface area contributed by atoms with Gasteiger partial charge in [-0.1, -0.05) is 18.2 Å². The Kier molecular flexibility index (Phi) is 3.78. The number of para-hydroxylation sites is 1. The summed E-state index contributed by atoms with van der Waals surface area (Å²) >= 11 is 1.57. The molecule has 4 rings (SSSR count). The number of carbonyl (C=O) groups excluding carboxylic acids is 1. The van der Waals surface area contributed by atoms with E-state index in [9.17, 15) is 4.79 Å². The molecule has 1 amide bonds. The number of aromatic nitrogens is 2. The second kappa shape index (κ2) is 5.96. The van der Waals surface area contributed by atoms with E-state index in [1.165, 1.54) is 4.88 Å². The molecule has 1 aliphatic heterocycles. The fourth-order valence-electron chi connectivity index (χ4n) is 3.04. The van der Waals surface area contributed by atoms with E-state index in [4.69, 9.17) is 0 Å². The number of aryl methyl sites for hydroxylation is 1. The molecule has 1 N–H and O–H groups in total. The smallest absolute Gasteiger partial charge is 0.258 e. The molecule has 0 saturated heterocycles. The minimum absolute atomic E-state index is 0.129. The van der Waals surface area contributed by atoms with Crippen molar-refractivity contribution >= 4 is 33.3 Å². The van der Waals surface area contributed by atoms with Crippen molar-refractivity contribution in [1.29, 1.82) is 0 Å². The maximum Gasteiger partial charge on any atom is 0.258 e. The van der Waals surface area contributed by atoms with Crippen molar-refractivity contribution in [2.75, 3.05) is 18.9 Å². The van der Waals surface area contributed by atoms with Gasteiger partial charge in [-0.2, -0.15) is 0 Å². The number of benzene rings is 1. The molecule has 0 fully saturated rings. The van der Waals surface area contributed by atoms with Gasteiger partial charge in [-0.15, -0.1) is 11.3 Å². The number of rotatable bonds is 2. The lowest BCUT2D eigenvalue weighted by atomic mass is 10.1. The van der Waals surface area contributed by atoms with Crippen LogP contribution < -0.4 is 5.32 Å². The Balaban J connectivity index is 1.66. The second-order valence-electron chi connectivity index (χ2n) is 6.16. The van der Waals surface area contributed by atoms with Crippen LogP contribution >= 0.6 is 11.3 Å². The summed E-state index contributed by atoms with van der Waals surface area (Å²) in [5.74, 6) is -0.129. The average Bonchev–Trinajstić information content (AvgIpc) is 2.95. The minimum Gasteiger partial charge on any atom is -0.301 e. The molecule has 3 heterocycles. The molecule has 2 aromatic heterocycles. The third-order valence-electron chi connectivity index (χ3n) is 4.23. The van der Waals surface area contributed by atoms with E-state index >= 15 is 0 Å². The average molecular weight is 338 g/mol. The Morgan fingerprint density at radius 2 is 2.12 bits per heavy atom. The molecule has 0 radical (unpaired) electrons. The van der Waals surface area contributed by atoms with Gasteiger partial charge in [-0.05, 0) is 26.1 Å². The van der Waals surface area contributed by atoms with Gasteiger partial charge < -0.3 is 4.90 Å². The van der Waals surface area contributed by atoms with Crippen molar-refractivity contribution in [2.45, 2.75) is 19.9 Å². The Bertz CT molecular complexity index is 934. The Morgan fingerprint density at radius 1 is 1.29 bits per heavy atom. The van der Waals surface area contributed by atoms with Crippen molar-refractivity contribution < 1.29 is 4.79 Å². The van der Waals surface area contributed by atoms with E-state index in [2.05, 4.69) is 27.2 Å². The Labute approximate surface area is 144 Å². The van der Waals surface area contributed by atoms with Crippen LogP contribution in [-0.2, 0) is 13.0 Å². The Morgan fingerprint density at radius 3 is 3.00 bits per heavy atom. The number of anilines is 1. The fraction of sp³-hybridized carbons (Fsp3) is 0.278. The summed E-state index contributed by atoms with van der Waals surface area (Å²) in [4.78, 5) is 25.4. The van der Waals surface area contributed by atoms with Gasteiger partial charge in [0.2, 0.25) is 0 Å². The third kappa shape index (κ3) is 2.79. The zero-order valence-corrected chi connectivity index (χ0v) is 14.5. The standard InChI is InChI=1S/C18H18N4OS/c1-11-9-13(12-5-3-4-6-14(12)19-11)17(23)21-18-20-15-7-8-22(2)10-16(15)24-18/h3-6,9H,7-8,10H2,1-2H3,(H,20,21,23). The lowest BCUT2D eigenvalue weighted by Gasteiger charge is -2.20. The summed E-state index contributed by atoms with van der Waals surface area (Å²) in [6.07, 6.45) is 0.940. The molecule has 0 aliphatic carbocycles. The summed E-state index contributed by atoms with van der Waals surface area (Å²) in [5.41, 5.74) is 3.43. The number of carbonyl (C=O) groups is 1. The van der Waals surface area contributed by atoms with E-state index < -0.39 is 0 Å². The summed E-state index contributed by atoms with van der Waals surface area (Å²) in [7, 11) is 2.10. The summed E-state index contributed by atoms with van der Waals surface area (Å²) in [6, 6.07) is 9.55. The molecule has 1 aromatic carbocycles. The molecule has 0 spiro atoms. The monoisotopic (exact) mass is 338 g/mol. The highest BCUT2D eigenvalue weighted by molar-refractivity contribution is 7.15. The number of pyridine rings is 1. The van der Waals surface area contributed by atoms with Gasteiger partial charge in [0.25, 0.3) is 5.91 Å². The van der Waals surface area contributed by atoms with E-state index in [1.54, 1.807) is 11.3 Å². The highest BCUT2D eigenvalue weighted by Gasteiger charge is 2.20. The van der Waals surface area contributed by atoms with Crippen molar-refractivity contribution in [3.63, 3.8) is 0 Å². The number of fused-ring (bicyclic) bond motifs is 2. The Hall–Kier alpha value is -2.31. The zero-order valence-electron chi connectivity index (χ0n) is 13.7. The van der Waals surface area contributed by atoms with Gasteiger partial charge in [0.05, 0.1) is 16.8 Å². The molecular formula is C18H18N4OS. The topological polar surface area (TPSA) is 58.1 Å². The van der Waals surface area contributed by atoms with Crippen LogP contribution in [0.5, 0.6) is 0 Å². The molecule has 1 aliphatic rings. The highest BCUT2D eigenvalue weighted by Crippen LogP contribution is 2.28. The summed E-state index contributed by atoms with van der Waals surface area (Å²) in [6.45, 7) is 3.82. The lowest BCUT2D eigenvalue weighted by molar-refractivity contribution is 0.102. The van der Waals surface area contributed by atoms with E-state index in [1.807, 2.05) is 37.3 Å². The van der Waals surface area contributed by atoms with E-state index in [0.717, 1.165) is 41.8 Å². The number of amides is 1. The lowest BCUT2D eigenvalue weighted by Crippen LogP contribution is -2.25. The predicted octanol–water partition coefficient (Wildman–Crippen LogP) is 3.24. The van der Waals surface area contributed by atoms with Crippen LogP contribution in [0.1, 0.15) is 26.6 Å². The van der Waals surface area contributed by atoms with Crippen LogP contribution in [0, 0.1) is 6.92 Å². The van der Waals surface area contributed by atoms with Gasteiger partial charge in [0.15, 0.2) is 5.13 Å². The SMILES string of the molecule is Cc1cc(C(=O)Nc2nc3c(s2)CN(C)CC3)c2ccccc2n1.